The van der Waals surface area contributed by atoms with E-state index >= 15 is 0 Å². The molecule has 152 valence electrons. The van der Waals surface area contributed by atoms with Crippen molar-refractivity contribution in [3.8, 4) is 5.75 Å². The van der Waals surface area contributed by atoms with Gasteiger partial charge in [-0.1, -0.05) is 47.5 Å². The smallest absolute Gasteiger partial charge is 0.329 e. The molecule has 3 rings (SSSR count). The fraction of sp³-hybridized carbons (Fsp3) is 0.0455. The molecule has 3 aromatic carbocycles. The molecule has 2 N–H and O–H groups in total. The summed E-state index contributed by atoms with van der Waals surface area (Å²) < 4.78 is 5.75. The Bertz CT molecular complexity index is 1050. The standard InChI is InChI=1S/C22H17Cl2N3O3/c23-17-6-4-15(5-7-17)14-30-20-3-1-2-16(12-20)13-25-27-22(29)21(28)26-19-10-8-18(24)9-11-19/h1-13H,14H2,(H,26,28)(H,27,29). The molecule has 0 aliphatic rings. The number of carbonyl (C=O) groups excluding carboxylic acids is 2. The highest BCUT2D eigenvalue weighted by Gasteiger charge is 2.12. The first-order valence-corrected chi connectivity index (χ1v) is 9.62. The molecular weight excluding hydrogens is 425 g/mol. The van der Waals surface area contributed by atoms with Crippen LogP contribution in [0.15, 0.2) is 77.9 Å². The lowest BCUT2D eigenvalue weighted by Gasteiger charge is -2.07. The van der Waals surface area contributed by atoms with E-state index in [2.05, 4.69) is 15.8 Å². The highest BCUT2D eigenvalue weighted by Crippen LogP contribution is 2.16. The van der Waals surface area contributed by atoms with Crippen LogP contribution in [0.25, 0.3) is 0 Å². The van der Waals surface area contributed by atoms with E-state index in [0.717, 1.165) is 5.56 Å². The Balaban J connectivity index is 1.51. The van der Waals surface area contributed by atoms with Gasteiger partial charge in [-0.3, -0.25) is 9.59 Å². The molecule has 0 unspecified atom stereocenters. The summed E-state index contributed by atoms with van der Waals surface area (Å²) in [5.74, 6) is -1.09. The van der Waals surface area contributed by atoms with Crippen LogP contribution >= 0.6 is 23.2 Å². The van der Waals surface area contributed by atoms with Crippen molar-refractivity contribution in [3.63, 3.8) is 0 Å². The number of hydrogen-bond donors (Lipinski definition) is 2. The second kappa shape index (κ2) is 10.4. The van der Waals surface area contributed by atoms with Gasteiger partial charge in [-0.25, -0.2) is 5.43 Å². The van der Waals surface area contributed by atoms with Gasteiger partial charge in [0.05, 0.1) is 6.21 Å². The van der Waals surface area contributed by atoms with Crippen molar-refractivity contribution in [2.75, 3.05) is 5.32 Å². The van der Waals surface area contributed by atoms with Gasteiger partial charge in [0.25, 0.3) is 0 Å². The number of ether oxygens (including phenoxy) is 1. The maximum atomic E-state index is 11.9. The molecule has 0 atom stereocenters. The Labute approximate surface area is 183 Å². The van der Waals surface area contributed by atoms with Crippen LogP contribution < -0.4 is 15.5 Å². The number of hydrazone groups is 1. The van der Waals surface area contributed by atoms with Crippen LogP contribution in [0.4, 0.5) is 5.69 Å². The molecule has 0 bridgehead atoms. The number of nitrogens with zero attached hydrogens (tertiary/aromatic N) is 1. The largest absolute Gasteiger partial charge is 0.489 e. The van der Waals surface area contributed by atoms with Crippen LogP contribution in [0.5, 0.6) is 5.75 Å². The summed E-state index contributed by atoms with van der Waals surface area (Å²) in [7, 11) is 0. The van der Waals surface area contributed by atoms with Crippen molar-refractivity contribution >= 4 is 46.9 Å². The zero-order chi connectivity index (χ0) is 21.3. The van der Waals surface area contributed by atoms with Crippen molar-refractivity contribution in [3.05, 3.63) is 94.0 Å². The maximum absolute atomic E-state index is 11.9. The number of benzene rings is 3. The maximum Gasteiger partial charge on any atom is 0.329 e. The van der Waals surface area contributed by atoms with E-state index in [4.69, 9.17) is 27.9 Å². The summed E-state index contributed by atoms with van der Waals surface area (Å²) >= 11 is 11.7. The number of rotatable bonds is 6. The molecule has 8 heteroatoms. The van der Waals surface area contributed by atoms with Gasteiger partial charge in [0.1, 0.15) is 12.4 Å². The highest BCUT2D eigenvalue weighted by atomic mass is 35.5. The molecule has 0 aromatic heterocycles. The van der Waals surface area contributed by atoms with E-state index in [1.165, 1.54) is 6.21 Å². The van der Waals surface area contributed by atoms with Gasteiger partial charge < -0.3 is 10.1 Å². The summed E-state index contributed by atoms with van der Waals surface area (Å²) in [5, 5.41) is 7.46. The third kappa shape index (κ3) is 6.62. The number of amides is 2. The van der Waals surface area contributed by atoms with Crippen LogP contribution in [0, 0.1) is 0 Å². The summed E-state index contributed by atoms with van der Waals surface area (Å²) in [6, 6.07) is 20.9. The molecule has 0 radical (unpaired) electrons. The molecule has 0 aliphatic carbocycles. The average molecular weight is 442 g/mol. The Morgan fingerprint density at radius 1 is 0.900 bits per heavy atom. The fourth-order valence-corrected chi connectivity index (χ4v) is 2.62. The van der Waals surface area contributed by atoms with Crippen molar-refractivity contribution in [2.45, 2.75) is 6.61 Å². The van der Waals surface area contributed by atoms with E-state index in [1.54, 1.807) is 54.6 Å². The fourth-order valence-electron chi connectivity index (χ4n) is 2.37. The normalized spacial score (nSPS) is 10.6. The topological polar surface area (TPSA) is 79.8 Å². The number of hydrogen-bond acceptors (Lipinski definition) is 4. The van der Waals surface area contributed by atoms with Gasteiger partial charge in [-0.2, -0.15) is 5.10 Å². The molecule has 0 saturated heterocycles. The molecule has 2 amide bonds. The van der Waals surface area contributed by atoms with E-state index in [-0.39, 0.29) is 0 Å². The monoisotopic (exact) mass is 441 g/mol. The third-order valence-corrected chi connectivity index (χ3v) is 4.37. The number of halogens is 2. The van der Waals surface area contributed by atoms with Crippen LogP contribution in [0.3, 0.4) is 0 Å². The van der Waals surface area contributed by atoms with E-state index in [1.807, 2.05) is 18.2 Å². The first-order valence-electron chi connectivity index (χ1n) is 8.87. The molecular formula is C22H17Cl2N3O3. The van der Waals surface area contributed by atoms with Gasteiger partial charge >= 0.3 is 11.8 Å². The molecule has 0 aliphatic heterocycles. The van der Waals surface area contributed by atoms with Crippen LogP contribution in [-0.2, 0) is 16.2 Å². The molecule has 0 fully saturated rings. The third-order valence-electron chi connectivity index (χ3n) is 3.86. The molecule has 0 spiro atoms. The summed E-state index contributed by atoms with van der Waals surface area (Å²) in [6.45, 7) is 0.388. The Kier molecular flexibility index (Phi) is 7.43. The van der Waals surface area contributed by atoms with Crippen molar-refractivity contribution in [2.24, 2.45) is 5.10 Å². The molecule has 0 saturated carbocycles. The van der Waals surface area contributed by atoms with Crippen LogP contribution in [-0.4, -0.2) is 18.0 Å². The minimum atomic E-state index is -0.892. The molecule has 3 aromatic rings. The lowest BCUT2D eigenvalue weighted by Crippen LogP contribution is -2.32. The Morgan fingerprint density at radius 3 is 2.27 bits per heavy atom. The molecule has 0 heterocycles. The number of anilines is 1. The summed E-state index contributed by atoms with van der Waals surface area (Å²) in [4.78, 5) is 23.7. The summed E-state index contributed by atoms with van der Waals surface area (Å²) in [6.07, 6.45) is 1.42. The minimum absolute atomic E-state index is 0.388. The van der Waals surface area contributed by atoms with Crippen molar-refractivity contribution < 1.29 is 14.3 Å². The average Bonchev–Trinajstić information content (AvgIpc) is 2.75. The van der Waals surface area contributed by atoms with Gasteiger partial charge in [-0.05, 0) is 59.7 Å². The zero-order valence-corrected chi connectivity index (χ0v) is 17.2. The van der Waals surface area contributed by atoms with Crippen molar-refractivity contribution in [1.82, 2.24) is 5.43 Å². The van der Waals surface area contributed by atoms with E-state index in [0.29, 0.717) is 33.7 Å². The van der Waals surface area contributed by atoms with Gasteiger partial charge in [0.15, 0.2) is 0 Å². The van der Waals surface area contributed by atoms with Crippen molar-refractivity contribution in [1.29, 1.82) is 0 Å². The highest BCUT2D eigenvalue weighted by molar-refractivity contribution is 6.39. The minimum Gasteiger partial charge on any atom is -0.489 e. The predicted molar refractivity (Wildman–Crippen MR) is 118 cm³/mol. The van der Waals surface area contributed by atoms with E-state index < -0.39 is 11.8 Å². The number of nitrogens with one attached hydrogen (secondary N) is 2. The van der Waals surface area contributed by atoms with Crippen LogP contribution in [0.2, 0.25) is 10.0 Å². The predicted octanol–water partition coefficient (Wildman–Crippen LogP) is 4.66. The van der Waals surface area contributed by atoms with E-state index in [9.17, 15) is 9.59 Å². The molecule has 6 nitrogen and oxygen atoms in total. The van der Waals surface area contributed by atoms with Gasteiger partial charge in [0.2, 0.25) is 0 Å². The number of carbonyl (C=O) groups is 2. The SMILES string of the molecule is O=C(NN=Cc1cccc(OCc2ccc(Cl)cc2)c1)C(=O)Nc1ccc(Cl)cc1. The summed E-state index contributed by atoms with van der Waals surface area (Å²) in [5.41, 5.74) is 4.32. The van der Waals surface area contributed by atoms with Gasteiger partial charge in [0, 0.05) is 15.7 Å². The zero-order valence-electron chi connectivity index (χ0n) is 15.6. The first-order chi connectivity index (χ1) is 14.5. The Hall–Kier alpha value is -3.35. The lowest BCUT2D eigenvalue weighted by molar-refractivity contribution is -0.136. The van der Waals surface area contributed by atoms with Crippen LogP contribution in [0.1, 0.15) is 11.1 Å². The quantitative estimate of drug-likeness (QED) is 0.331. The second-order valence-corrected chi connectivity index (χ2v) is 7.02. The lowest BCUT2D eigenvalue weighted by atomic mass is 10.2. The second-order valence-electron chi connectivity index (χ2n) is 6.15. The molecule has 30 heavy (non-hydrogen) atoms. The Morgan fingerprint density at radius 2 is 1.57 bits per heavy atom. The van der Waals surface area contributed by atoms with Gasteiger partial charge in [-0.15, -0.1) is 0 Å². The first kappa shape index (κ1) is 21.4.